The molecule has 0 unspecified atom stereocenters. The van der Waals surface area contributed by atoms with E-state index in [2.05, 4.69) is 30.4 Å². The van der Waals surface area contributed by atoms with Crippen LogP contribution in [0.4, 0.5) is 0 Å². The zero-order valence-corrected chi connectivity index (χ0v) is 11.3. The van der Waals surface area contributed by atoms with Crippen LogP contribution in [0.15, 0.2) is 30.3 Å². The largest absolute Gasteiger partial charge is 0.303 e. The number of rotatable bonds is 2. The minimum absolute atomic E-state index is 0.561. The highest BCUT2D eigenvalue weighted by Crippen LogP contribution is 2.21. The number of fused-ring (bicyclic) bond motifs is 3. The molecule has 21 heavy (non-hydrogen) atoms. The van der Waals surface area contributed by atoms with Crippen LogP contribution in [0.3, 0.4) is 0 Å². The first kappa shape index (κ1) is 11.8. The number of imidazole rings is 1. The second-order valence-corrected chi connectivity index (χ2v) is 4.80. The number of hydrogen-bond donors (Lipinski definition) is 2. The van der Waals surface area contributed by atoms with E-state index >= 15 is 0 Å². The van der Waals surface area contributed by atoms with Crippen molar-refractivity contribution in [3.63, 3.8) is 0 Å². The normalized spacial score (nSPS) is 11.9. The average Bonchev–Trinajstić information content (AvgIpc) is 3.09. The maximum Gasteiger partial charge on any atom is 0.203 e. The molecule has 0 saturated carbocycles. The number of nitrogens with zero attached hydrogens (tertiary/aromatic N) is 4. The van der Waals surface area contributed by atoms with Crippen LogP contribution in [-0.4, -0.2) is 30.4 Å². The highest BCUT2D eigenvalue weighted by Gasteiger charge is 2.12. The number of aromatic amines is 2. The van der Waals surface area contributed by atoms with Gasteiger partial charge in [-0.2, -0.15) is 0 Å². The van der Waals surface area contributed by atoms with Crippen LogP contribution in [0.25, 0.3) is 34.3 Å². The predicted molar refractivity (Wildman–Crippen MR) is 81.4 cm³/mol. The Morgan fingerprint density at radius 3 is 2.67 bits per heavy atom. The van der Waals surface area contributed by atoms with Crippen molar-refractivity contribution >= 4 is 34.3 Å². The number of aromatic nitrogens is 6. The molecule has 4 rings (SSSR count). The van der Waals surface area contributed by atoms with Gasteiger partial charge in [-0.25, -0.2) is 9.97 Å². The van der Waals surface area contributed by atoms with E-state index in [1.165, 1.54) is 0 Å². The van der Waals surface area contributed by atoms with Gasteiger partial charge in [-0.05, 0) is 18.6 Å². The van der Waals surface area contributed by atoms with Gasteiger partial charge < -0.3 is 5.10 Å². The molecule has 0 saturated heterocycles. The van der Waals surface area contributed by atoms with Gasteiger partial charge >= 0.3 is 0 Å². The molecule has 0 atom stereocenters. The quantitative estimate of drug-likeness (QED) is 0.589. The fourth-order valence-electron chi connectivity index (χ4n) is 2.32. The Hall–Kier alpha value is -3.02. The molecule has 3 aromatic heterocycles. The summed E-state index contributed by atoms with van der Waals surface area (Å²) in [6.45, 7) is 1.97. The molecule has 0 aliphatic rings. The lowest BCUT2D eigenvalue weighted by Crippen LogP contribution is -1.85. The zero-order valence-electron chi connectivity index (χ0n) is 11.3. The maximum absolute atomic E-state index is 4.55. The predicted octanol–water partition coefficient (Wildman–Crippen LogP) is 2.71. The van der Waals surface area contributed by atoms with Crippen molar-refractivity contribution in [2.45, 2.75) is 6.92 Å². The van der Waals surface area contributed by atoms with Crippen LogP contribution < -0.4 is 0 Å². The van der Waals surface area contributed by atoms with E-state index in [4.69, 9.17) is 0 Å². The Morgan fingerprint density at radius 2 is 1.81 bits per heavy atom. The fraction of sp³-hybridized carbons (Fsp3) is 0.0667. The van der Waals surface area contributed by atoms with E-state index in [-0.39, 0.29) is 0 Å². The summed E-state index contributed by atoms with van der Waals surface area (Å²) in [6.07, 6.45) is 3.86. The van der Waals surface area contributed by atoms with Gasteiger partial charge in [0.1, 0.15) is 5.52 Å². The van der Waals surface area contributed by atoms with E-state index in [1.54, 1.807) is 0 Å². The average molecular weight is 276 g/mol. The van der Waals surface area contributed by atoms with Crippen LogP contribution in [0, 0.1) is 6.92 Å². The Balaban J connectivity index is 1.82. The minimum atomic E-state index is 0.561. The maximum atomic E-state index is 4.55. The summed E-state index contributed by atoms with van der Waals surface area (Å²) in [4.78, 5) is 8.95. The molecule has 2 N–H and O–H groups in total. The lowest BCUT2D eigenvalue weighted by atomic mass is 10.2. The lowest BCUT2D eigenvalue weighted by Gasteiger charge is -1.89. The Labute approximate surface area is 119 Å². The zero-order chi connectivity index (χ0) is 14.2. The van der Waals surface area contributed by atoms with Crippen LogP contribution in [0.5, 0.6) is 0 Å². The van der Waals surface area contributed by atoms with Gasteiger partial charge in [0.15, 0.2) is 11.5 Å². The Kier molecular flexibility index (Phi) is 2.53. The molecule has 6 nitrogen and oxygen atoms in total. The highest BCUT2D eigenvalue weighted by molar-refractivity contribution is 6.00. The first-order valence-corrected chi connectivity index (χ1v) is 6.61. The third-order valence-corrected chi connectivity index (χ3v) is 3.34. The lowest BCUT2D eigenvalue weighted by molar-refractivity contribution is 1.02. The number of hydrogen-bond acceptors (Lipinski definition) is 4. The van der Waals surface area contributed by atoms with Crippen molar-refractivity contribution < 1.29 is 0 Å². The summed E-state index contributed by atoms with van der Waals surface area (Å²) >= 11 is 0. The van der Waals surface area contributed by atoms with Crippen molar-refractivity contribution in [2.75, 3.05) is 0 Å². The third kappa shape index (κ3) is 1.97. The molecule has 102 valence electrons. The summed E-state index contributed by atoms with van der Waals surface area (Å²) in [7, 11) is 0. The van der Waals surface area contributed by atoms with Gasteiger partial charge in [0.05, 0.1) is 5.39 Å². The molecule has 0 aliphatic heterocycles. The van der Waals surface area contributed by atoms with Gasteiger partial charge in [0.25, 0.3) is 0 Å². The smallest absolute Gasteiger partial charge is 0.203 e. The Morgan fingerprint density at radius 1 is 0.952 bits per heavy atom. The van der Waals surface area contributed by atoms with Crippen molar-refractivity contribution in [1.29, 1.82) is 0 Å². The number of benzene rings is 1. The molecule has 0 aliphatic carbocycles. The standard InChI is InChI=1S/C15H12N6/c1-9-12-13-15(21-20-14(12)19-18-9)17-11(16-13)8-7-10-5-3-2-4-6-10/h2-8H,1H3,(H2,18,19,20)/b8-7+. The van der Waals surface area contributed by atoms with Crippen molar-refractivity contribution in [3.05, 3.63) is 47.4 Å². The number of H-pyrrole nitrogens is 2. The van der Waals surface area contributed by atoms with Gasteiger partial charge in [0, 0.05) is 5.69 Å². The molecular weight excluding hydrogens is 264 g/mol. The topological polar surface area (TPSA) is 83.1 Å². The first-order valence-electron chi connectivity index (χ1n) is 6.61. The molecule has 0 spiro atoms. The molecule has 0 radical (unpaired) electrons. The summed E-state index contributed by atoms with van der Waals surface area (Å²) in [5.41, 5.74) is 4.10. The van der Waals surface area contributed by atoms with E-state index in [0.29, 0.717) is 17.1 Å². The highest BCUT2D eigenvalue weighted by atomic mass is 15.2. The fourth-order valence-corrected chi connectivity index (χ4v) is 2.32. The van der Waals surface area contributed by atoms with Crippen molar-refractivity contribution in [1.82, 2.24) is 30.4 Å². The molecule has 1 aromatic carbocycles. The summed E-state index contributed by atoms with van der Waals surface area (Å²) in [5, 5.41) is 15.1. The molecule has 6 heteroatoms. The molecule has 4 aromatic rings. The second kappa shape index (κ2) is 4.52. The molecule has 0 fully saturated rings. The van der Waals surface area contributed by atoms with Crippen molar-refractivity contribution in [2.24, 2.45) is 0 Å². The van der Waals surface area contributed by atoms with Gasteiger partial charge in [-0.15, -0.1) is 10.2 Å². The first-order chi connectivity index (χ1) is 10.3. The minimum Gasteiger partial charge on any atom is -0.303 e. The van der Waals surface area contributed by atoms with Crippen LogP contribution in [0.2, 0.25) is 0 Å². The monoisotopic (exact) mass is 276 g/mol. The summed E-state index contributed by atoms with van der Waals surface area (Å²) in [5.74, 6) is 0.635. The van der Waals surface area contributed by atoms with Crippen LogP contribution in [0.1, 0.15) is 17.1 Å². The van der Waals surface area contributed by atoms with Gasteiger partial charge in [-0.3, -0.25) is 5.10 Å². The SMILES string of the molecule is Cc1[nH][nH]c2nnc3nc(/C=C/c4ccccc4)nc3c12. The Bertz CT molecular complexity index is 948. The molecule has 3 heterocycles. The second-order valence-electron chi connectivity index (χ2n) is 4.80. The van der Waals surface area contributed by atoms with Gasteiger partial charge in [-0.1, -0.05) is 36.4 Å². The molecule has 0 bridgehead atoms. The summed E-state index contributed by atoms with van der Waals surface area (Å²) in [6, 6.07) is 10.0. The van der Waals surface area contributed by atoms with E-state index in [0.717, 1.165) is 22.2 Å². The number of nitrogens with one attached hydrogen (secondary N) is 2. The molecular formula is C15H12N6. The number of aryl methyl sites for hydroxylation is 1. The van der Waals surface area contributed by atoms with Gasteiger partial charge in [0.2, 0.25) is 5.65 Å². The van der Waals surface area contributed by atoms with Crippen molar-refractivity contribution in [3.8, 4) is 0 Å². The van der Waals surface area contributed by atoms with E-state index in [1.807, 2.05) is 49.4 Å². The van der Waals surface area contributed by atoms with E-state index in [9.17, 15) is 0 Å². The molecule has 0 amide bonds. The third-order valence-electron chi connectivity index (χ3n) is 3.34. The van der Waals surface area contributed by atoms with Crippen LogP contribution in [-0.2, 0) is 0 Å². The van der Waals surface area contributed by atoms with Crippen LogP contribution >= 0.6 is 0 Å². The summed E-state index contributed by atoms with van der Waals surface area (Å²) < 4.78 is 0. The van der Waals surface area contributed by atoms with E-state index < -0.39 is 0 Å².